The van der Waals surface area contributed by atoms with E-state index >= 15 is 0 Å². The van der Waals surface area contributed by atoms with E-state index in [-0.39, 0.29) is 0 Å². The van der Waals surface area contributed by atoms with Gasteiger partial charge in [0.15, 0.2) is 0 Å². The molecule has 1 N–H and O–H groups in total. The van der Waals surface area contributed by atoms with Gasteiger partial charge in [0.25, 0.3) is 0 Å². The van der Waals surface area contributed by atoms with Crippen molar-refractivity contribution in [2.45, 2.75) is 46.2 Å². The van der Waals surface area contributed by atoms with E-state index in [1.54, 1.807) is 6.33 Å². The first-order valence-corrected chi connectivity index (χ1v) is 8.19. The highest BCUT2D eigenvalue weighted by atomic mass is 32.1. The third-order valence-electron chi connectivity index (χ3n) is 3.18. The Kier molecular flexibility index (Phi) is 5.73. The van der Waals surface area contributed by atoms with Gasteiger partial charge in [-0.2, -0.15) is 5.10 Å². The van der Waals surface area contributed by atoms with Crippen molar-refractivity contribution in [3.63, 3.8) is 0 Å². The van der Waals surface area contributed by atoms with Crippen LogP contribution in [0.15, 0.2) is 23.8 Å². The maximum Gasteiger partial charge on any atom is 0.138 e. The van der Waals surface area contributed by atoms with Crippen LogP contribution in [0, 0.1) is 5.92 Å². The van der Waals surface area contributed by atoms with Crippen LogP contribution in [0.3, 0.4) is 0 Å². The summed E-state index contributed by atoms with van der Waals surface area (Å²) < 4.78 is 2.05. The molecule has 2 aromatic rings. The fourth-order valence-electron chi connectivity index (χ4n) is 2.34. The Balaban J connectivity index is 2.02. The van der Waals surface area contributed by atoms with E-state index in [0.717, 1.165) is 31.8 Å². The van der Waals surface area contributed by atoms with Gasteiger partial charge in [-0.1, -0.05) is 26.8 Å². The zero-order valence-corrected chi connectivity index (χ0v) is 13.4. The Morgan fingerprint density at radius 3 is 2.85 bits per heavy atom. The molecule has 1 unspecified atom stereocenters. The van der Waals surface area contributed by atoms with Crippen LogP contribution in [0.5, 0.6) is 0 Å². The summed E-state index contributed by atoms with van der Waals surface area (Å²) in [6, 6.07) is 4.74. The summed E-state index contributed by atoms with van der Waals surface area (Å²) in [5.41, 5.74) is 0. The number of hydrogen-bond donors (Lipinski definition) is 1. The van der Waals surface area contributed by atoms with E-state index in [1.807, 2.05) is 16.0 Å². The first kappa shape index (κ1) is 15.2. The number of rotatable bonds is 8. The van der Waals surface area contributed by atoms with Crippen molar-refractivity contribution in [3.8, 4) is 0 Å². The molecule has 4 nitrogen and oxygen atoms in total. The van der Waals surface area contributed by atoms with Crippen molar-refractivity contribution >= 4 is 11.3 Å². The van der Waals surface area contributed by atoms with Gasteiger partial charge in [0, 0.05) is 23.9 Å². The molecule has 2 rings (SSSR count). The van der Waals surface area contributed by atoms with Crippen molar-refractivity contribution < 1.29 is 0 Å². The number of nitrogens with one attached hydrogen (secondary N) is 1. The van der Waals surface area contributed by atoms with Gasteiger partial charge in [0.05, 0.1) is 0 Å². The topological polar surface area (TPSA) is 42.7 Å². The van der Waals surface area contributed by atoms with E-state index in [4.69, 9.17) is 0 Å². The fraction of sp³-hybridized carbons (Fsp3) is 0.600. The predicted octanol–water partition coefficient (Wildman–Crippen LogP) is 2.76. The highest BCUT2D eigenvalue weighted by Crippen LogP contribution is 2.13. The van der Waals surface area contributed by atoms with Gasteiger partial charge in [-0.25, -0.2) is 9.67 Å². The van der Waals surface area contributed by atoms with Gasteiger partial charge in [0.1, 0.15) is 12.2 Å². The lowest BCUT2D eigenvalue weighted by atomic mass is 10.1. The van der Waals surface area contributed by atoms with Crippen LogP contribution in [0.25, 0.3) is 0 Å². The quantitative estimate of drug-likeness (QED) is 0.813. The number of likely N-dealkylation sites (N-methyl/N-ethyl adjacent to an activating group) is 1. The molecular formula is C15H24N4S. The van der Waals surface area contributed by atoms with Gasteiger partial charge in [-0.3, -0.25) is 0 Å². The van der Waals surface area contributed by atoms with Gasteiger partial charge < -0.3 is 5.32 Å². The van der Waals surface area contributed by atoms with Gasteiger partial charge in [-0.05, 0) is 30.3 Å². The van der Waals surface area contributed by atoms with Gasteiger partial charge in [0.2, 0.25) is 0 Å². The zero-order valence-electron chi connectivity index (χ0n) is 12.5. The van der Waals surface area contributed by atoms with E-state index in [2.05, 4.69) is 53.7 Å². The molecule has 0 bridgehead atoms. The maximum absolute atomic E-state index is 4.44. The third kappa shape index (κ3) is 4.42. The highest BCUT2D eigenvalue weighted by molar-refractivity contribution is 7.09. The molecule has 2 heterocycles. The molecular weight excluding hydrogens is 268 g/mol. The predicted molar refractivity (Wildman–Crippen MR) is 84.1 cm³/mol. The van der Waals surface area contributed by atoms with Crippen LogP contribution < -0.4 is 5.32 Å². The first-order valence-electron chi connectivity index (χ1n) is 7.31. The summed E-state index contributed by atoms with van der Waals surface area (Å²) in [4.78, 5) is 5.86. The zero-order chi connectivity index (χ0) is 14.4. The Morgan fingerprint density at radius 1 is 1.35 bits per heavy atom. The summed E-state index contributed by atoms with van der Waals surface area (Å²) in [5, 5.41) is 10.1. The van der Waals surface area contributed by atoms with Gasteiger partial charge in [-0.15, -0.1) is 11.3 Å². The van der Waals surface area contributed by atoms with E-state index in [9.17, 15) is 0 Å². The number of aromatic nitrogens is 3. The SMILES string of the molecule is CCNC(Cc1cccs1)Cc1ncnn1CC(C)C. The molecule has 0 radical (unpaired) electrons. The van der Waals surface area contributed by atoms with Crippen LogP contribution >= 0.6 is 11.3 Å². The molecule has 0 aliphatic rings. The second-order valence-electron chi connectivity index (χ2n) is 5.49. The minimum Gasteiger partial charge on any atom is -0.313 e. The van der Waals surface area contributed by atoms with Crippen molar-refractivity contribution in [2.75, 3.05) is 6.54 Å². The van der Waals surface area contributed by atoms with E-state index < -0.39 is 0 Å². The molecule has 0 fully saturated rings. The number of nitrogens with zero attached hydrogens (tertiary/aromatic N) is 3. The lowest BCUT2D eigenvalue weighted by Crippen LogP contribution is -2.34. The molecule has 1 atom stereocenters. The molecule has 0 aliphatic carbocycles. The van der Waals surface area contributed by atoms with Crippen molar-refractivity contribution in [1.82, 2.24) is 20.1 Å². The molecule has 5 heteroatoms. The van der Waals surface area contributed by atoms with E-state index in [1.165, 1.54) is 4.88 Å². The molecule has 0 spiro atoms. The molecule has 2 aromatic heterocycles. The monoisotopic (exact) mass is 292 g/mol. The molecule has 0 amide bonds. The summed E-state index contributed by atoms with van der Waals surface area (Å²) >= 11 is 1.82. The number of hydrogen-bond acceptors (Lipinski definition) is 4. The molecule has 0 aromatic carbocycles. The van der Waals surface area contributed by atoms with Crippen LogP contribution in [0.4, 0.5) is 0 Å². The Labute approximate surface area is 125 Å². The van der Waals surface area contributed by atoms with Crippen molar-refractivity contribution in [1.29, 1.82) is 0 Å². The van der Waals surface area contributed by atoms with Crippen LogP contribution in [-0.2, 0) is 19.4 Å². The summed E-state index contributed by atoms with van der Waals surface area (Å²) in [7, 11) is 0. The normalized spacial score (nSPS) is 13.0. The molecule has 20 heavy (non-hydrogen) atoms. The molecule has 0 saturated heterocycles. The lowest BCUT2D eigenvalue weighted by molar-refractivity contribution is 0.442. The Bertz CT molecular complexity index is 490. The smallest absolute Gasteiger partial charge is 0.138 e. The first-order chi connectivity index (χ1) is 9.69. The maximum atomic E-state index is 4.44. The minimum atomic E-state index is 0.425. The lowest BCUT2D eigenvalue weighted by Gasteiger charge is -2.17. The largest absolute Gasteiger partial charge is 0.313 e. The molecule has 0 aliphatic heterocycles. The molecule has 0 saturated carbocycles. The fourth-order valence-corrected chi connectivity index (χ4v) is 3.13. The van der Waals surface area contributed by atoms with Crippen LogP contribution in [-0.4, -0.2) is 27.4 Å². The van der Waals surface area contributed by atoms with Crippen LogP contribution in [0.2, 0.25) is 0 Å². The minimum absolute atomic E-state index is 0.425. The Morgan fingerprint density at radius 2 is 2.20 bits per heavy atom. The third-order valence-corrected chi connectivity index (χ3v) is 4.08. The van der Waals surface area contributed by atoms with Crippen molar-refractivity contribution in [2.24, 2.45) is 5.92 Å². The number of thiophene rings is 1. The summed E-state index contributed by atoms with van der Waals surface area (Å²) in [6.07, 6.45) is 3.66. The average Bonchev–Trinajstić information content (AvgIpc) is 3.02. The van der Waals surface area contributed by atoms with Crippen LogP contribution in [0.1, 0.15) is 31.5 Å². The summed E-state index contributed by atoms with van der Waals surface area (Å²) in [6.45, 7) is 8.49. The highest BCUT2D eigenvalue weighted by Gasteiger charge is 2.14. The van der Waals surface area contributed by atoms with Crippen molar-refractivity contribution in [3.05, 3.63) is 34.5 Å². The average molecular weight is 292 g/mol. The Hall–Kier alpha value is -1.20. The van der Waals surface area contributed by atoms with Gasteiger partial charge >= 0.3 is 0 Å². The van der Waals surface area contributed by atoms with E-state index in [0.29, 0.717) is 12.0 Å². The second-order valence-corrected chi connectivity index (χ2v) is 6.53. The standard InChI is InChI=1S/C15H24N4S/c1-4-16-13(8-14-6-5-7-20-14)9-15-17-11-18-19(15)10-12(2)3/h5-7,11-13,16H,4,8-10H2,1-3H3. The molecule has 110 valence electrons. The summed E-state index contributed by atoms with van der Waals surface area (Å²) in [5.74, 6) is 1.67. The second kappa shape index (κ2) is 7.55.